The van der Waals surface area contributed by atoms with E-state index in [-0.39, 0.29) is 12.3 Å². The van der Waals surface area contributed by atoms with Gasteiger partial charge in [-0.3, -0.25) is 0 Å². The van der Waals surface area contributed by atoms with E-state index in [4.69, 9.17) is 14.7 Å². The van der Waals surface area contributed by atoms with Crippen LogP contribution in [0, 0.1) is 11.3 Å². The molecule has 0 radical (unpaired) electrons. The highest BCUT2D eigenvalue weighted by Crippen LogP contribution is 2.20. The highest BCUT2D eigenvalue weighted by molar-refractivity contribution is 5.33. The number of benzene rings is 1. The third-order valence-electron chi connectivity index (χ3n) is 2.47. The first-order valence-electron chi connectivity index (χ1n) is 5.30. The van der Waals surface area contributed by atoms with Crippen molar-refractivity contribution in [2.45, 2.75) is 6.61 Å². The van der Waals surface area contributed by atoms with Crippen LogP contribution in [0.5, 0.6) is 11.5 Å². The number of hydrogen-bond acceptors (Lipinski definition) is 5. The minimum atomic E-state index is 0.236. The minimum absolute atomic E-state index is 0.236. The number of aromatic nitrogens is 3. The normalized spacial score (nSPS) is 9.83. The van der Waals surface area contributed by atoms with Gasteiger partial charge in [-0.25, -0.2) is 4.68 Å². The lowest BCUT2D eigenvalue weighted by Gasteiger charge is -2.07. The Morgan fingerprint density at radius 2 is 2.17 bits per heavy atom. The van der Waals surface area contributed by atoms with Gasteiger partial charge in [-0.15, -0.1) is 5.10 Å². The minimum Gasteiger partial charge on any atom is -0.497 e. The fourth-order valence-electron chi connectivity index (χ4n) is 1.47. The molecule has 0 bridgehead atoms. The van der Waals surface area contributed by atoms with Crippen LogP contribution in [0.15, 0.2) is 24.3 Å². The molecule has 2 rings (SSSR count). The molecular weight excluding hydrogens is 232 g/mol. The maximum Gasteiger partial charge on any atom is 0.189 e. The van der Waals surface area contributed by atoms with Crippen LogP contribution >= 0.6 is 0 Å². The molecule has 0 aliphatic rings. The van der Waals surface area contributed by atoms with Gasteiger partial charge in [0.15, 0.2) is 5.69 Å². The maximum absolute atomic E-state index is 8.87. The van der Waals surface area contributed by atoms with Crippen LogP contribution in [-0.2, 0) is 13.7 Å². The SMILES string of the molecule is COc1cccc(OCc2c(C#N)nnn2C)c1. The first-order chi connectivity index (χ1) is 8.74. The van der Waals surface area contributed by atoms with Gasteiger partial charge in [0.25, 0.3) is 0 Å². The molecule has 0 saturated carbocycles. The fraction of sp³-hybridized carbons (Fsp3) is 0.250. The summed E-state index contributed by atoms with van der Waals surface area (Å²) < 4.78 is 12.2. The summed E-state index contributed by atoms with van der Waals surface area (Å²) in [6.45, 7) is 0.236. The van der Waals surface area contributed by atoms with Crippen molar-refractivity contribution in [2.75, 3.05) is 7.11 Å². The van der Waals surface area contributed by atoms with Crippen LogP contribution in [0.3, 0.4) is 0 Å². The summed E-state index contributed by atoms with van der Waals surface area (Å²) in [5.41, 5.74) is 0.917. The second-order valence-corrected chi connectivity index (χ2v) is 3.59. The molecule has 0 atom stereocenters. The van der Waals surface area contributed by atoms with E-state index in [0.717, 1.165) is 5.75 Å². The predicted molar refractivity (Wildman–Crippen MR) is 63.0 cm³/mol. The van der Waals surface area contributed by atoms with Crippen molar-refractivity contribution in [2.24, 2.45) is 7.05 Å². The Labute approximate surface area is 104 Å². The van der Waals surface area contributed by atoms with Crippen molar-refractivity contribution in [1.82, 2.24) is 15.0 Å². The van der Waals surface area contributed by atoms with E-state index in [9.17, 15) is 0 Å². The summed E-state index contributed by atoms with van der Waals surface area (Å²) >= 11 is 0. The van der Waals surface area contributed by atoms with Gasteiger partial charge in [-0.1, -0.05) is 11.3 Å². The lowest BCUT2D eigenvalue weighted by Crippen LogP contribution is -2.04. The van der Waals surface area contributed by atoms with Gasteiger partial charge in [-0.05, 0) is 12.1 Å². The average Bonchev–Trinajstić information content (AvgIpc) is 2.77. The number of hydrogen-bond donors (Lipinski definition) is 0. The van der Waals surface area contributed by atoms with Crippen LogP contribution in [0.4, 0.5) is 0 Å². The van der Waals surface area contributed by atoms with E-state index in [0.29, 0.717) is 11.4 Å². The Morgan fingerprint density at radius 1 is 1.39 bits per heavy atom. The third kappa shape index (κ3) is 2.40. The molecule has 1 aromatic carbocycles. The highest BCUT2D eigenvalue weighted by atomic mass is 16.5. The molecule has 0 aliphatic heterocycles. The fourth-order valence-corrected chi connectivity index (χ4v) is 1.47. The molecule has 0 spiro atoms. The van der Waals surface area contributed by atoms with Crippen LogP contribution in [0.25, 0.3) is 0 Å². The summed E-state index contributed by atoms with van der Waals surface area (Å²) in [5, 5.41) is 16.4. The van der Waals surface area contributed by atoms with Crippen LogP contribution in [-0.4, -0.2) is 22.1 Å². The van der Waals surface area contributed by atoms with Crippen molar-refractivity contribution in [1.29, 1.82) is 5.26 Å². The van der Waals surface area contributed by atoms with Crippen molar-refractivity contribution in [3.63, 3.8) is 0 Å². The van der Waals surface area contributed by atoms with Crippen molar-refractivity contribution < 1.29 is 9.47 Å². The van der Waals surface area contributed by atoms with Gasteiger partial charge in [0, 0.05) is 13.1 Å². The van der Waals surface area contributed by atoms with E-state index < -0.39 is 0 Å². The molecule has 18 heavy (non-hydrogen) atoms. The Kier molecular flexibility index (Phi) is 3.44. The number of ether oxygens (including phenoxy) is 2. The molecule has 6 heteroatoms. The topological polar surface area (TPSA) is 73.0 Å². The summed E-state index contributed by atoms with van der Waals surface area (Å²) in [7, 11) is 3.32. The van der Waals surface area contributed by atoms with Crippen LogP contribution < -0.4 is 9.47 Å². The number of nitrogens with zero attached hydrogens (tertiary/aromatic N) is 4. The van der Waals surface area contributed by atoms with Crippen molar-refractivity contribution in [3.05, 3.63) is 35.7 Å². The number of rotatable bonds is 4. The monoisotopic (exact) mass is 244 g/mol. The lowest BCUT2D eigenvalue weighted by atomic mass is 10.3. The number of methoxy groups -OCH3 is 1. The van der Waals surface area contributed by atoms with E-state index in [1.165, 1.54) is 4.68 Å². The molecule has 0 aliphatic carbocycles. The molecule has 2 aromatic rings. The van der Waals surface area contributed by atoms with Crippen LogP contribution in [0.1, 0.15) is 11.4 Å². The average molecular weight is 244 g/mol. The largest absolute Gasteiger partial charge is 0.497 e. The summed E-state index contributed by atoms with van der Waals surface area (Å²) in [4.78, 5) is 0. The van der Waals surface area contributed by atoms with E-state index in [1.54, 1.807) is 20.2 Å². The zero-order valence-corrected chi connectivity index (χ0v) is 10.1. The van der Waals surface area contributed by atoms with Gasteiger partial charge in [0.2, 0.25) is 0 Å². The Bertz CT molecular complexity index is 586. The third-order valence-corrected chi connectivity index (χ3v) is 2.47. The van der Waals surface area contributed by atoms with Crippen molar-refractivity contribution in [3.8, 4) is 17.6 Å². The van der Waals surface area contributed by atoms with Crippen LogP contribution in [0.2, 0.25) is 0 Å². The molecule has 1 heterocycles. The molecule has 6 nitrogen and oxygen atoms in total. The molecule has 0 unspecified atom stereocenters. The summed E-state index contributed by atoms with van der Waals surface area (Å²) in [6.07, 6.45) is 0. The molecule has 0 amide bonds. The number of nitriles is 1. The first-order valence-corrected chi connectivity index (χ1v) is 5.30. The summed E-state index contributed by atoms with van der Waals surface area (Å²) in [6, 6.07) is 9.23. The van der Waals surface area contributed by atoms with E-state index >= 15 is 0 Å². The summed E-state index contributed by atoms with van der Waals surface area (Å²) in [5.74, 6) is 1.38. The Morgan fingerprint density at radius 3 is 2.89 bits per heavy atom. The standard InChI is InChI=1S/C12H12N4O2/c1-16-12(11(7-13)14-15-16)8-18-10-5-3-4-9(6-10)17-2/h3-6H,8H2,1-2H3. The second-order valence-electron chi connectivity index (χ2n) is 3.59. The van der Waals surface area contributed by atoms with Gasteiger partial charge in [0.1, 0.15) is 29.9 Å². The van der Waals surface area contributed by atoms with Gasteiger partial charge < -0.3 is 9.47 Å². The highest BCUT2D eigenvalue weighted by Gasteiger charge is 2.10. The zero-order chi connectivity index (χ0) is 13.0. The van der Waals surface area contributed by atoms with Gasteiger partial charge in [-0.2, -0.15) is 5.26 Å². The zero-order valence-electron chi connectivity index (χ0n) is 10.1. The van der Waals surface area contributed by atoms with Gasteiger partial charge >= 0.3 is 0 Å². The second kappa shape index (κ2) is 5.19. The lowest BCUT2D eigenvalue weighted by molar-refractivity contribution is 0.292. The Hall–Kier alpha value is -2.55. The molecular formula is C12H12N4O2. The molecule has 0 N–H and O–H groups in total. The first kappa shape index (κ1) is 11.9. The maximum atomic E-state index is 8.87. The van der Waals surface area contributed by atoms with E-state index in [2.05, 4.69) is 10.3 Å². The Balaban J connectivity index is 2.11. The smallest absolute Gasteiger partial charge is 0.189 e. The molecule has 0 fully saturated rings. The number of aryl methyl sites for hydroxylation is 1. The molecule has 1 aromatic heterocycles. The predicted octanol–water partition coefficient (Wildman–Crippen LogP) is 1.27. The molecule has 92 valence electrons. The van der Waals surface area contributed by atoms with Gasteiger partial charge in [0.05, 0.1) is 7.11 Å². The van der Waals surface area contributed by atoms with E-state index in [1.807, 2.05) is 24.3 Å². The quantitative estimate of drug-likeness (QED) is 0.809. The van der Waals surface area contributed by atoms with Crippen molar-refractivity contribution >= 4 is 0 Å². The molecule has 0 saturated heterocycles.